The molecule has 4 rings (SSSR count). The number of imide groups is 1. The average Bonchev–Trinajstić information content (AvgIpc) is 3.04. The van der Waals surface area contributed by atoms with E-state index in [0.717, 1.165) is 5.56 Å². The number of methoxy groups -OCH3 is 2. The van der Waals surface area contributed by atoms with E-state index in [9.17, 15) is 9.59 Å². The lowest BCUT2D eigenvalue weighted by Crippen LogP contribution is -2.33. The van der Waals surface area contributed by atoms with E-state index in [1.54, 1.807) is 68.8 Å². The van der Waals surface area contributed by atoms with Gasteiger partial charge in [0.2, 0.25) is 0 Å². The van der Waals surface area contributed by atoms with Crippen LogP contribution < -0.4 is 19.7 Å². The van der Waals surface area contributed by atoms with Crippen molar-refractivity contribution in [2.45, 2.75) is 6.92 Å². The quantitative estimate of drug-likeness (QED) is 0.534. The van der Waals surface area contributed by atoms with Crippen LogP contribution in [0.15, 0.2) is 72.4 Å². The van der Waals surface area contributed by atoms with Gasteiger partial charge in [0.1, 0.15) is 17.2 Å². The number of carbonyl (C=O) groups excluding carboxylic acids is 2. The molecule has 0 atom stereocenters. The van der Waals surface area contributed by atoms with Crippen molar-refractivity contribution in [1.29, 1.82) is 0 Å². The summed E-state index contributed by atoms with van der Waals surface area (Å²) in [4.78, 5) is 28.2. The molecule has 1 aliphatic rings. The van der Waals surface area contributed by atoms with Crippen LogP contribution in [0, 0.1) is 6.92 Å². The van der Waals surface area contributed by atoms with Gasteiger partial charge in [-0.3, -0.25) is 9.59 Å². The van der Waals surface area contributed by atoms with Crippen molar-refractivity contribution in [2.24, 2.45) is 0 Å². The zero-order chi connectivity index (χ0) is 22.8. The Morgan fingerprint density at radius 2 is 1.47 bits per heavy atom. The Bertz CT molecular complexity index is 1210. The van der Waals surface area contributed by atoms with Gasteiger partial charge in [0, 0.05) is 28.9 Å². The Morgan fingerprint density at radius 1 is 0.844 bits per heavy atom. The summed E-state index contributed by atoms with van der Waals surface area (Å²) in [5, 5.41) is 3.66. The molecule has 6 nitrogen and oxygen atoms in total. The first-order chi connectivity index (χ1) is 15.4. The van der Waals surface area contributed by atoms with Crippen LogP contribution in [-0.2, 0) is 9.59 Å². The number of nitrogens with zero attached hydrogens (tertiary/aromatic N) is 1. The normalized spacial score (nSPS) is 13.6. The van der Waals surface area contributed by atoms with Crippen LogP contribution in [-0.4, -0.2) is 26.0 Å². The molecule has 0 saturated carbocycles. The fourth-order valence-electron chi connectivity index (χ4n) is 3.59. The Morgan fingerprint density at radius 3 is 2.06 bits per heavy atom. The Balaban J connectivity index is 1.85. The summed E-state index contributed by atoms with van der Waals surface area (Å²) >= 11 is 6.04. The van der Waals surface area contributed by atoms with Gasteiger partial charge in [-0.2, -0.15) is 0 Å². The smallest absolute Gasteiger partial charge is 0.282 e. The molecule has 7 heteroatoms. The highest BCUT2D eigenvalue weighted by Gasteiger charge is 2.40. The molecule has 1 heterocycles. The molecule has 162 valence electrons. The van der Waals surface area contributed by atoms with Crippen LogP contribution >= 0.6 is 11.6 Å². The minimum Gasteiger partial charge on any atom is -0.497 e. The topological polar surface area (TPSA) is 67.9 Å². The predicted molar refractivity (Wildman–Crippen MR) is 125 cm³/mol. The Labute approximate surface area is 191 Å². The minimum atomic E-state index is -0.448. The van der Waals surface area contributed by atoms with E-state index in [2.05, 4.69) is 5.32 Å². The molecule has 2 amide bonds. The summed E-state index contributed by atoms with van der Waals surface area (Å²) in [6.45, 7) is 1.86. The van der Waals surface area contributed by atoms with Gasteiger partial charge in [-0.05, 0) is 36.2 Å². The van der Waals surface area contributed by atoms with Crippen LogP contribution in [0.3, 0.4) is 0 Å². The van der Waals surface area contributed by atoms with E-state index < -0.39 is 11.8 Å². The van der Waals surface area contributed by atoms with E-state index in [1.165, 1.54) is 4.90 Å². The standard InChI is InChI=1S/C25H21ClN2O4/c1-15-6-4-5-7-21(15)28-24(29)22(16-8-10-17(26)11-9-16)23(25(28)30)27-18-12-19(31-2)14-20(13-18)32-3/h4-14,27H,1-3H3. The van der Waals surface area contributed by atoms with Crippen molar-refractivity contribution >= 4 is 40.4 Å². The van der Waals surface area contributed by atoms with Crippen LogP contribution in [0.2, 0.25) is 5.02 Å². The third-order valence-electron chi connectivity index (χ3n) is 5.19. The second-order valence-electron chi connectivity index (χ2n) is 7.22. The number of para-hydroxylation sites is 1. The molecular formula is C25H21ClN2O4. The largest absolute Gasteiger partial charge is 0.497 e. The molecular weight excluding hydrogens is 428 g/mol. The maximum absolute atomic E-state index is 13.5. The number of halogens is 1. The molecule has 0 bridgehead atoms. The molecule has 0 fully saturated rings. The van der Waals surface area contributed by atoms with Crippen LogP contribution in [0.25, 0.3) is 5.57 Å². The highest BCUT2D eigenvalue weighted by molar-refractivity contribution is 6.46. The van der Waals surface area contributed by atoms with Crippen molar-refractivity contribution in [3.05, 3.63) is 88.6 Å². The van der Waals surface area contributed by atoms with Crippen molar-refractivity contribution < 1.29 is 19.1 Å². The number of aryl methyl sites for hydroxylation is 1. The summed E-state index contributed by atoms with van der Waals surface area (Å²) in [5.74, 6) is 0.237. The lowest BCUT2D eigenvalue weighted by Gasteiger charge is -2.17. The molecule has 0 saturated heterocycles. The van der Waals surface area contributed by atoms with E-state index in [-0.39, 0.29) is 11.3 Å². The molecule has 0 aliphatic carbocycles. The van der Waals surface area contributed by atoms with Gasteiger partial charge >= 0.3 is 0 Å². The molecule has 3 aromatic rings. The molecule has 1 N–H and O–H groups in total. The highest BCUT2D eigenvalue weighted by atomic mass is 35.5. The fourth-order valence-corrected chi connectivity index (χ4v) is 3.71. The van der Waals surface area contributed by atoms with Gasteiger partial charge in [-0.1, -0.05) is 41.9 Å². The van der Waals surface area contributed by atoms with E-state index in [0.29, 0.717) is 33.5 Å². The summed E-state index contributed by atoms with van der Waals surface area (Å²) in [6, 6.07) is 19.2. The van der Waals surface area contributed by atoms with Crippen molar-refractivity contribution in [2.75, 3.05) is 24.4 Å². The molecule has 1 aliphatic heterocycles. The SMILES string of the molecule is COc1cc(NC2=C(c3ccc(Cl)cc3)C(=O)N(c3ccccc3C)C2=O)cc(OC)c1. The zero-order valence-corrected chi connectivity index (χ0v) is 18.6. The van der Waals surface area contributed by atoms with Gasteiger partial charge in [-0.25, -0.2) is 4.90 Å². The van der Waals surface area contributed by atoms with Crippen LogP contribution in [0.5, 0.6) is 11.5 Å². The third kappa shape index (κ3) is 3.92. The summed E-state index contributed by atoms with van der Waals surface area (Å²) in [5.41, 5.74) is 2.91. The first kappa shape index (κ1) is 21.5. The molecule has 0 spiro atoms. The van der Waals surface area contributed by atoms with Crippen molar-refractivity contribution in [1.82, 2.24) is 0 Å². The lowest BCUT2D eigenvalue weighted by molar-refractivity contribution is -0.120. The number of benzene rings is 3. The second-order valence-corrected chi connectivity index (χ2v) is 7.65. The number of rotatable bonds is 6. The van der Waals surface area contributed by atoms with E-state index >= 15 is 0 Å². The van der Waals surface area contributed by atoms with Gasteiger partial charge < -0.3 is 14.8 Å². The fraction of sp³-hybridized carbons (Fsp3) is 0.120. The zero-order valence-electron chi connectivity index (χ0n) is 17.8. The number of ether oxygens (including phenoxy) is 2. The monoisotopic (exact) mass is 448 g/mol. The first-order valence-electron chi connectivity index (χ1n) is 9.87. The highest BCUT2D eigenvalue weighted by Crippen LogP contribution is 2.36. The Kier molecular flexibility index (Phi) is 5.88. The molecule has 0 radical (unpaired) electrons. The Hall–Kier alpha value is -3.77. The number of hydrogen-bond donors (Lipinski definition) is 1. The van der Waals surface area contributed by atoms with Gasteiger partial charge in [0.05, 0.1) is 25.5 Å². The summed E-state index contributed by atoms with van der Waals surface area (Å²) in [6.07, 6.45) is 0. The summed E-state index contributed by atoms with van der Waals surface area (Å²) < 4.78 is 10.7. The first-order valence-corrected chi connectivity index (χ1v) is 10.3. The number of anilines is 2. The number of hydrogen-bond acceptors (Lipinski definition) is 5. The van der Waals surface area contributed by atoms with Crippen molar-refractivity contribution in [3.63, 3.8) is 0 Å². The molecule has 0 aromatic heterocycles. The van der Waals surface area contributed by atoms with E-state index in [1.807, 2.05) is 19.1 Å². The van der Waals surface area contributed by atoms with E-state index in [4.69, 9.17) is 21.1 Å². The van der Waals surface area contributed by atoms with Gasteiger partial charge in [0.15, 0.2) is 0 Å². The summed E-state index contributed by atoms with van der Waals surface area (Å²) in [7, 11) is 3.09. The molecule has 0 unspecified atom stereocenters. The second kappa shape index (κ2) is 8.77. The maximum Gasteiger partial charge on any atom is 0.282 e. The number of nitrogens with one attached hydrogen (secondary N) is 1. The predicted octanol–water partition coefficient (Wildman–Crippen LogP) is 5.06. The average molecular weight is 449 g/mol. The van der Waals surface area contributed by atoms with Crippen molar-refractivity contribution in [3.8, 4) is 11.5 Å². The van der Waals surface area contributed by atoms with Crippen LogP contribution in [0.1, 0.15) is 11.1 Å². The van der Waals surface area contributed by atoms with Gasteiger partial charge in [-0.15, -0.1) is 0 Å². The maximum atomic E-state index is 13.5. The minimum absolute atomic E-state index is 0.163. The molecule has 32 heavy (non-hydrogen) atoms. The van der Waals surface area contributed by atoms with Gasteiger partial charge in [0.25, 0.3) is 11.8 Å². The third-order valence-corrected chi connectivity index (χ3v) is 5.45. The molecule has 3 aromatic carbocycles. The lowest BCUT2D eigenvalue weighted by atomic mass is 10.0. The van der Waals surface area contributed by atoms with Crippen LogP contribution in [0.4, 0.5) is 11.4 Å². The number of carbonyl (C=O) groups is 2. The number of amides is 2.